The van der Waals surface area contributed by atoms with E-state index in [1.807, 2.05) is 0 Å². The first-order valence-corrected chi connectivity index (χ1v) is 3.89. The van der Waals surface area contributed by atoms with Crippen molar-refractivity contribution in [3.05, 3.63) is 0 Å². The number of unbranched alkanes of at least 4 members (excludes halogenated alkanes) is 1. The number of hydrogen-bond donors (Lipinski definition) is 0. The molecule has 0 unspecified atom stereocenters. The van der Waals surface area contributed by atoms with Crippen LogP contribution in [0.2, 0.25) is 0 Å². The van der Waals surface area contributed by atoms with Gasteiger partial charge < -0.3 is 4.74 Å². The average molecular weight is 167 g/mol. The molecule has 10 heavy (non-hydrogen) atoms. The topological polar surface area (TPSA) is 26.3 Å². The molecule has 0 atom stereocenters. The van der Waals surface area contributed by atoms with E-state index in [-0.39, 0.29) is 0 Å². The van der Waals surface area contributed by atoms with E-state index in [0.717, 1.165) is 0 Å². The lowest BCUT2D eigenvalue weighted by molar-refractivity contribution is 0.180. The quantitative estimate of drug-likeness (QED) is 0.589. The van der Waals surface area contributed by atoms with Gasteiger partial charge in [-0.1, -0.05) is 26.7 Å². The Kier molecular flexibility index (Phi) is 14.4. The van der Waals surface area contributed by atoms with Gasteiger partial charge in [0.1, 0.15) is 0 Å². The fourth-order valence-electron chi connectivity index (χ4n) is 0.113. The Hall–Kier alpha value is -0.240. The third-order valence-electron chi connectivity index (χ3n) is 0.758. The summed E-state index contributed by atoms with van der Waals surface area (Å²) in [6.07, 6.45) is 2.64. The molecule has 0 spiro atoms. The summed E-state index contributed by atoms with van der Waals surface area (Å²) in [5.74, 6) is 0. The third kappa shape index (κ3) is 25.1. The predicted molar refractivity (Wildman–Crippen MR) is 43.5 cm³/mol. The predicted octanol–water partition coefficient (Wildman–Crippen LogP) is 3.19. The van der Waals surface area contributed by atoms with Gasteiger partial charge in [-0.25, -0.2) is 4.79 Å². The minimum Gasteiger partial charge on any atom is -0.454 e. The molecule has 0 aliphatic carbocycles. The fourth-order valence-corrected chi connectivity index (χ4v) is 0.223. The van der Waals surface area contributed by atoms with Crippen molar-refractivity contribution in [3.8, 4) is 0 Å². The van der Waals surface area contributed by atoms with Gasteiger partial charge in [0, 0.05) is 11.6 Å². The second kappa shape index (κ2) is 11.5. The van der Waals surface area contributed by atoms with Crippen molar-refractivity contribution in [2.24, 2.45) is 0 Å². The number of rotatable bonds is 2. The van der Waals surface area contributed by atoms with Gasteiger partial charge in [-0.3, -0.25) is 0 Å². The molecule has 0 amide bonds. The first kappa shape index (κ1) is 12.4. The van der Waals surface area contributed by atoms with Crippen molar-refractivity contribution in [1.29, 1.82) is 0 Å². The van der Waals surface area contributed by atoms with Crippen LogP contribution in [0.5, 0.6) is 0 Å². The second-order valence-electron chi connectivity index (χ2n) is 1.67. The summed E-state index contributed by atoms with van der Waals surface area (Å²) in [5, 5.41) is 0. The molecule has 0 aliphatic rings. The fraction of sp³-hybridized carbons (Fsp3) is 0.857. The van der Waals surface area contributed by atoms with Crippen molar-refractivity contribution in [2.75, 3.05) is 6.61 Å². The smallest absolute Gasteiger partial charge is 0.403 e. The Morgan fingerprint density at radius 1 is 1.30 bits per heavy atom. The van der Waals surface area contributed by atoms with Gasteiger partial charge in [0.25, 0.3) is 0 Å². The molecule has 0 aromatic carbocycles. The van der Waals surface area contributed by atoms with E-state index in [1.54, 1.807) is 6.92 Å². The van der Waals surface area contributed by atoms with Crippen LogP contribution in [0.4, 0.5) is 4.79 Å². The van der Waals surface area contributed by atoms with Gasteiger partial charge in [0.15, 0.2) is 0 Å². The minimum atomic E-state index is -0.738. The highest BCUT2D eigenvalue weighted by molar-refractivity contribution is 6.61. The van der Waals surface area contributed by atoms with Crippen molar-refractivity contribution < 1.29 is 9.53 Å². The zero-order valence-electron chi connectivity index (χ0n) is 6.82. The van der Waals surface area contributed by atoms with Crippen LogP contribution in [0.15, 0.2) is 0 Å². The third-order valence-corrected chi connectivity index (χ3v) is 0.867. The Labute approximate surface area is 67.5 Å². The lowest BCUT2D eigenvalue weighted by Crippen LogP contribution is -1.89. The standard InChI is InChI=1S/C4H10.C3H5ClO2/c1-3-4-2;1-2-6-3(4)5/h3-4H2,1-2H3;2H2,1H3. The Bertz CT molecular complexity index is 72.0. The van der Waals surface area contributed by atoms with Crippen molar-refractivity contribution in [2.45, 2.75) is 33.6 Å². The number of carbonyl (C=O) groups excluding carboxylic acids is 1. The van der Waals surface area contributed by atoms with Crippen molar-refractivity contribution >= 4 is 17.0 Å². The van der Waals surface area contributed by atoms with Gasteiger partial charge in [0.2, 0.25) is 0 Å². The molecular formula is C7H15ClO2. The van der Waals surface area contributed by atoms with Crippen molar-refractivity contribution in [3.63, 3.8) is 0 Å². The summed E-state index contributed by atoms with van der Waals surface area (Å²) in [4.78, 5) is 9.59. The van der Waals surface area contributed by atoms with Gasteiger partial charge in [-0.05, 0) is 6.92 Å². The zero-order valence-corrected chi connectivity index (χ0v) is 7.57. The van der Waals surface area contributed by atoms with Gasteiger partial charge >= 0.3 is 5.43 Å². The lowest BCUT2D eigenvalue weighted by atomic mass is 10.4. The van der Waals surface area contributed by atoms with Crippen LogP contribution in [0.1, 0.15) is 33.6 Å². The molecule has 0 fully saturated rings. The Morgan fingerprint density at radius 2 is 1.70 bits per heavy atom. The molecule has 0 N–H and O–H groups in total. The van der Waals surface area contributed by atoms with Crippen LogP contribution in [-0.2, 0) is 4.74 Å². The summed E-state index contributed by atoms with van der Waals surface area (Å²) in [6, 6.07) is 0. The highest BCUT2D eigenvalue weighted by Crippen LogP contribution is 1.82. The number of carbonyl (C=O) groups is 1. The molecule has 62 valence electrons. The molecule has 0 saturated carbocycles. The molecule has 0 aliphatic heterocycles. The van der Waals surface area contributed by atoms with E-state index in [1.165, 1.54) is 12.8 Å². The largest absolute Gasteiger partial charge is 0.454 e. The first-order valence-electron chi connectivity index (χ1n) is 3.51. The van der Waals surface area contributed by atoms with E-state index >= 15 is 0 Å². The van der Waals surface area contributed by atoms with Crippen molar-refractivity contribution in [1.82, 2.24) is 0 Å². The van der Waals surface area contributed by atoms with E-state index in [4.69, 9.17) is 11.6 Å². The normalized spacial score (nSPS) is 7.60. The molecule has 0 radical (unpaired) electrons. The monoisotopic (exact) mass is 166 g/mol. The number of ether oxygens (including phenoxy) is 1. The van der Waals surface area contributed by atoms with Gasteiger partial charge in [0.05, 0.1) is 6.61 Å². The molecule has 2 nitrogen and oxygen atoms in total. The molecule has 0 aromatic rings. The molecule has 0 heterocycles. The minimum absolute atomic E-state index is 0.350. The summed E-state index contributed by atoms with van der Waals surface area (Å²) >= 11 is 4.72. The maximum Gasteiger partial charge on any atom is 0.403 e. The van der Waals surface area contributed by atoms with E-state index < -0.39 is 5.43 Å². The van der Waals surface area contributed by atoms with E-state index in [2.05, 4.69) is 18.6 Å². The van der Waals surface area contributed by atoms with Crippen LogP contribution in [0.25, 0.3) is 0 Å². The van der Waals surface area contributed by atoms with Crippen LogP contribution >= 0.6 is 11.6 Å². The number of hydrogen-bond acceptors (Lipinski definition) is 2. The zero-order chi connectivity index (χ0) is 8.41. The molecule has 0 rings (SSSR count). The lowest BCUT2D eigenvalue weighted by Gasteiger charge is -1.86. The average Bonchev–Trinajstić information content (AvgIpc) is 1.89. The maximum atomic E-state index is 9.59. The molecule has 3 heteroatoms. The molecule has 0 aromatic heterocycles. The highest BCUT2D eigenvalue weighted by Gasteiger charge is 1.86. The Balaban J connectivity index is 0. The molecule has 0 saturated heterocycles. The first-order chi connectivity index (χ1) is 4.68. The summed E-state index contributed by atoms with van der Waals surface area (Å²) in [5.41, 5.74) is -0.738. The number of halogens is 1. The van der Waals surface area contributed by atoms with Gasteiger partial charge in [-0.15, -0.1) is 0 Å². The summed E-state index contributed by atoms with van der Waals surface area (Å²) in [7, 11) is 0. The summed E-state index contributed by atoms with van der Waals surface area (Å²) in [6.45, 7) is 6.41. The van der Waals surface area contributed by atoms with Crippen LogP contribution in [-0.4, -0.2) is 12.0 Å². The summed E-state index contributed by atoms with van der Waals surface area (Å²) < 4.78 is 4.17. The van der Waals surface area contributed by atoms with Crippen LogP contribution in [0.3, 0.4) is 0 Å². The van der Waals surface area contributed by atoms with Gasteiger partial charge in [-0.2, -0.15) is 0 Å². The SMILES string of the molecule is CCCC.CCOC(=O)Cl. The van der Waals surface area contributed by atoms with E-state index in [0.29, 0.717) is 6.61 Å². The maximum absolute atomic E-state index is 9.59. The van der Waals surface area contributed by atoms with E-state index in [9.17, 15) is 4.79 Å². The molecule has 0 bridgehead atoms. The van der Waals surface area contributed by atoms with Crippen LogP contribution in [0, 0.1) is 0 Å². The highest BCUT2D eigenvalue weighted by atomic mass is 35.5. The Morgan fingerprint density at radius 3 is 1.70 bits per heavy atom. The van der Waals surface area contributed by atoms with Crippen LogP contribution < -0.4 is 0 Å². The second-order valence-corrected chi connectivity index (χ2v) is 1.98. The molecular weight excluding hydrogens is 152 g/mol.